The third-order valence-corrected chi connectivity index (χ3v) is 5.76. The first-order valence-electron chi connectivity index (χ1n) is 8.95. The SMILES string of the molecule is C[C@]1(c2ccc3c(c2)OCCO3)NC(=O)N(Cc2nc(-c3cccs3)no2)C1=O. The molecule has 1 fully saturated rings. The van der Waals surface area contributed by atoms with Crippen LogP contribution >= 0.6 is 11.3 Å². The number of nitrogens with one attached hydrogen (secondary N) is 1. The molecule has 1 N–H and O–H groups in total. The fourth-order valence-electron chi connectivity index (χ4n) is 3.35. The number of fused-ring (bicyclic) bond motifs is 1. The Kier molecular flexibility index (Phi) is 4.02. The zero-order valence-corrected chi connectivity index (χ0v) is 16.2. The molecule has 0 unspecified atom stereocenters. The van der Waals surface area contributed by atoms with Crippen LogP contribution < -0.4 is 14.8 Å². The molecule has 1 saturated heterocycles. The topological polar surface area (TPSA) is 107 Å². The van der Waals surface area contributed by atoms with Crippen LogP contribution in [0.3, 0.4) is 0 Å². The number of carbonyl (C=O) groups excluding carboxylic acids is 2. The van der Waals surface area contributed by atoms with Gasteiger partial charge in [-0.3, -0.25) is 9.69 Å². The largest absolute Gasteiger partial charge is 0.486 e. The molecule has 10 heteroatoms. The van der Waals surface area contributed by atoms with E-state index in [9.17, 15) is 9.59 Å². The van der Waals surface area contributed by atoms with Gasteiger partial charge in [0.25, 0.3) is 5.91 Å². The molecule has 2 aromatic heterocycles. The number of benzene rings is 1. The molecule has 5 rings (SSSR count). The lowest BCUT2D eigenvalue weighted by molar-refractivity contribution is -0.131. The Bertz CT molecular complexity index is 1100. The second-order valence-electron chi connectivity index (χ2n) is 6.79. The van der Waals surface area contributed by atoms with Gasteiger partial charge in [0.1, 0.15) is 25.3 Å². The summed E-state index contributed by atoms with van der Waals surface area (Å²) >= 11 is 1.47. The molecule has 9 nitrogen and oxygen atoms in total. The zero-order valence-electron chi connectivity index (χ0n) is 15.4. The van der Waals surface area contributed by atoms with Gasteiger partial charge < -0.3 is 19.3 Å². The molecular weight excluding hydrogens is 396 g/mol. The van der Waals surface area contributed by atoms with E-state index in [0.29, 0.717) is 36.1 Å². The Balaban J connectivity index is 1.39. The van der Waals surface area contributed by atoms with Crippen molar-refractivity contribution in [2.75, 3.05) is 13.2 Å². The molecule has 0 radical (unpaired) electrons. The van der Waals surface area contributed by atoms with Crippen LogP contribution in [0.1, 0.15) is 18.4 Å². The van der Waals surface area contributed by atoms with Crippen LogP contribution in [0.15, 0.2) is 40.2 Å². The van der Waals surface area contributed by atoms with Gasteiger partial charge in [-0.15, -0.1) is 11.3 Å². The predicted molar refractivity (Wildman–Crippen MR) is 101 cm³/mol. The molecule has 0 saturated carbocycles. The minimum absolute atomic E-state index is 0.108. The number of rotatable bonds is 4. The number of amides is 3. The Morgan fingerprint density at radius 2 is 2.03 bits per heavy atom. The molecule has 0 bridgehead atoms. The van der Waals surface area contributed by atoms with Gasteiger partial charge in [-0.05, 0) is 36.1 Å². The summed E-state index contributed by atoms with van der Waals surface area (Å²) in [5.74, 6) is 1.37. The van der Waals surface area contributed by atoms with E-state index in [1.807, 2.05) is 17.5 Å². The quantitative estimate of drug-likeness (QED) is 0.656. The number of hydrogen-bond acceptors (Lipinski definition) is 8. The lowest BCUT2D eigenvalue weighted by Gasteiger charge is -2.25. The van der Waals surface area contributed by atoms with Crippen molar-refractivity contribution in [3.05, 3.63) is 47.2 Å². The van der Waals surface area contributed by atoms with Gasteiger partial charge in [0, 0.05) is 0 Å². The Morgan fingerprint density at radius 1 is 1.21 bits per heavy atom. The van der Waals surface area contributed by atoms with Crippen LogP contribution in [0.25, 0.3) is 10.7 Å². The molecule has 0 spiro atoms. The van der Waals surface area contributed by atoms with Crippen molar-refractivity contribution in [3.63, 3.8) is 0 Å². The van der Waals surface area contributed by atoms with Crippen molar-refractivity contribution in [1.82, 2.24) is 20.4 Å². The molecule has 29 heavy (non-hydrogen) atoms. The smallest absolute Gasteiger partial charge is 0.325 e. The van der Waals surface area contributed by atoms with Gasteiger partial charge in [0.2, 0.25) is 11.7 Å². The van der Waals surface area contributed by atoms with E-state index in [2.05, 4.69) is 15.5 Å². The number of ether oxygens (including phenoxy) is 2. The maximum Gasteiger partial charge on any atom is 0.325 e. The van der Waals surface area contributed by atoms with Crippen molar-refractivity contribution >= 4 is 23.3 Å². The minimum atomic E-state index is -1.23. The maximum absolute atomic E-state index is 13.1. The second-order valence-corrected chi connectivity index (χ2v) is 7.74. The first-order valence-corrected chi connectivity index (χ1v) is 9.83. The van der Waals surface area contributed by atoms with Crippen LogP contribution in [-0.4, -0.2) is 40.2 Å². The summed E-state index contributed by atoms with van der Waals surface area (Å²) in [4.78, 5) is 31.9. The van der Waals surface area contributed by atoms with Crippen molar-refractivity contribution in [1.29, 1.82) is 0 Å². The first kappa shape index (κ1) is 17.7. The van der Waals surface area contributed by atoms with Crippen LogP contribution in [0, 0.1) is 0 Å². The third-order valence-electron chi connectivity index (χ3n) is 4.90. The molecule has 4 heterocycles. The lowest BCUT2D eigenvalue weighted by atomic mass is 9.91. The van der Waals surface area contributed by atoms with Crippen molar-refractivity contribution in [2.24, 2.45) is 0 Å². The van der Waals surface area contributed by atoms with Gasteiger partial charge in [0.15, 0.2) is 11.5 Å². The fraction of sp³-hybridized carbons (Fsp3) is 0.263. The summed E-state index contributed by atoms with van der Waals surface area (Å²) in [7, 11) is 0. The number of aromatic nitrogens is 2. The highest BCUT2D eigenvalue weighted by atomic mass is 32.1. The minimum Gasteiger partial charge on any atom is -0.486 e. The number of urea groups is 1. The maximum atomic E-state index is 13.1. The summed E-state index contributed by atoms with van der Waals surface area (Å²) < 4.78 is 16.3. The third kappa shape index (κ3) is 2.92. The average Bonchev–Trinajstić information content (AvgIpc) is 3.46. The van der Waals surface area contributed by atoms with Crippen molar-refractivity contribution < 1.29 is 23.6 Å². The van der Waals surface area contributed by atoms with E-state index in [4.69, 9.17) is 14.0 Å². The van der Waals surface area contributed by atoms with E-state index >= 15 is 0 Å². The molecule has 3 amide bonds. The normalized spacial score (nSPS) is 20.8. The van der Waals surface area contributed by atoms with Crippen LogP contribution in [0.5, 0.6) is 11.5 Å². The van der Waals surface area contributed by atoms with E-state index in [0.717, 1.165) is 9.78 Å². The number of hydrogen-bond donors (Lipinski definition) is 1. The highest BCUT2D eigenvalue weighted by Crippen LogP contribution is 2.37. The molecular formula is C19H16N4O5S. The molecule has 3 aromatic rings. The summed E-state index contributed by atoms with van der Waals surface area (Å²) in [5, 5.41) is 8.58. The lowest BCUT2D eigenvalue weighted by Crippen LogP contribution is -2.41. The van der Waals surface area contributed by atoms with Crippen LogP contribution in [-0.2, 0) is 16.9 Å². The molecule has 1 atom stereocenters. The standard InChI is InChI=1S/C19H16N4O5S/c1-19(11-4-5-12-13(9-11)27-7-6-26-12)17(24)23(18(25)21-19)10-15-20-16(22-28-15)14-3-2-8-29-14/h2-5,8-9H,6-7,10H2,1H3,(H,21,25)/t19-/m1/s1. The number of nitrogens with zero attached hydrogens (tertiary/aromatic N) is 3. The Morgan fingerprint density at radius 3 is 2.83 bits per heavy atom. The fourth-order valence-corrected chi connectivity index (χ4v) is 4.00. The number of carbonyl (C=O) groups is 2. The summed E-state index contributed by atoms with van der Waals surface area (Å²) in [6.07, 6.45) is 0. The highest BCUT2D eigenvalue weighted by Gasteiger charge is 2.49. The van der Waals surface area contributed by atoms with E-state index in [1.54, 1.807) is 25.1 Å². The number of imide groups is 1. The monoisotopic (exact) mass is 412 g/mol. The Hall–Kier alpha value is -3.40. The molecule has 2 aliphatic heterocycles. The van der Waals surface area contributed by atoms with Gasteiger partial charge in [-0.1, -0.05) is 17.3 Å². The van der Waals surface area contributed by atoms with E-state index in [1.165, 1.54) is 11.3 Å². The predicted octanol–water partition coefficient (Wildman–Crippen LogP) is 2.54. The van der Waals surface area contributed by atoms with E-state index in [-0.39, 0.29) is 12.4 Å². The molecule has 148 valence electrons. The highest BCUT2D eigenvalue weighted by molar-refractivity contribution is 7.13. The average molecular weight is 412 g/mol. The second kappa shape index (κ2) is 6.59. The van der Waals surface area contributed by atoms with Crippen molar-refractivity contribution in [2.45, 2.75) is 19.0 Å². The molecule has 1 aromatic carbocycles. The summed E-state index contributed by atoms with van der Waals surface area (Å²) in [5.41, 5.74) is -0.629. The van der Waals surface area contributed by atoms with E-state index < -0.39 is 17.5 Å². The zero-order chi connectivity index (χ0) is 20.0. The molecule has 2 aliphatic rings. The van der Waals surface area contributed by atoms with Crippen molar-refractivity contribution in [3.8, 4) is 22.2 Å². The number of thiophene rings is 1. The van der Waals surface area contributed by atoms with Gasteiger partial charge in [-0.2, -0.15) is 4.98 Å². The van der Waals surface area contributed by atoms with Crippen LogP contribution in [0.4, 0.5) is 4.79 Å². The van der Waals surface area contributed by atoms with Crippen LogP contribution in [0.2, 0.25) is 0 Å². The first-order chi connectivity index (χ1) is 14.0. The van der Waals surface area contributed by atoms with Gasteiger partial charge in [-0.25, -0.2) is 4.79 Å². The summed E-state index contributed by atoms with van der Waals surface area (Å²) in [6.45, 7) is 2.46. The summed E-state index contributed by atoms with van der Waals surface area (Å²) in [6, 6.07) is 8.43. The molecule has 0 aliphatic carbocycles. The van der Waals surface area contributed by atoms with Gasteiger partial charge >= 0.3 is 6.03 Å². The Labute approximate surface area is 169 Å². The van der Waals surface area contributed by atoms with Gasteiger partial charge in [0.05, 0.1) is 4.88 Å².